The zero-order valence-corrected chi connectivity index (χ0v) is 14.3. The van der Waals surface area contributed by atoms with Crippen molar-refractivity contribution in [3.8, 4) is 0 Å². The van der Waals surface area contributed by atoms with Crippen LogP contribution in [0, 0.1) is 6.92 Å². The monoisotopic (exact) mass is 368 g/mol. The van der Waals surface area contributed by atoms with Crippen LogP contribution in [0.4, 0.5) is 0 Å². The highest BCUT2D eigenvalue weighted by atomic mass is 79.9. The molecule has 1 N–H and O–H groups in total. The summed E-state index contributed by atoms with van der Waals surface area (Å²) in [4.78, 5) is 11.4. The number of carboxylic acids is 1. The van der Waals surface area contributed by atoms with E-state index in [2.05, 4.69) is 21.0 Å². The molecule has 1 aromatic carbocycles. The lowest BCUT2D eigenvalue weighted by molar-refractivity contribution is -0.136. The first-order valence-corrected chi connectivity index (χ1v) is 8.39. The Kier molecular flexibility index (Phi) is 5.47. The zero-order chi connectivity index (χ0) is 15.4. The number of carbonyl (C=O) groups is 1. The number of hydrogen-bond acceptors (Lipinski definition) is 3. The standard InChI is InChI=1S/C15H17BrN2O2S/c1-10-14(16)12(18(2)17-10)9-21-13(15(19)20)8-11-6-4-3-5-7-11/h3-7,13H,8-9H2,1-2H3,(H,19,20). The van der Waals surface area contributed by atoms with Gasteiger partial charge in [0.05, 0.1) is 15.9 Å². The number of nitrogens with zero attached hydrogens (tertiary/aromatic N) is 2. The van der Waals surface area contributed by atoms with Gasteiger partial charge in [0, 0.05) is 12.8 Å². The molecule has 0 fully saturated rings. The number of thioether (sulfide) groups is 1. The summed E-state index contributed by atoms with van der Waals surface area (Å²) in [6, 6.07) is 9.71. The molecule has 1 aromatic heterocycles. The third-order valence-corrected chi connectivity index (χ3v) is 5.46. The summed E-state index contributed by atoms with van der Waals surface area (Å²) in [6.45, 7) is 1.93. The molecular formula is C15H17BrN2O2S. The van der Waals surface area contributed by atoms with Crippen LogP contribution < -0.4 is 0 Å². The highest BCUT2D eigenvalue weighted by Crippen LogP contribution is 2.27. The molecule has 4 nitrogen and oxygen atoms in total. The maximum absolute atomic E-state index is 11.4. The highest BCUT2D eigenvalue weighted by Gasteiger charge is 2.20. The van der Waals surface area contributed by atoms with Crippen LogP contribution >= 0.6 is 27.7 Å². The van der Waals surface area contributed by atoms with Crippen LogP contribution in [0.5, 0.6) is 0 Å². The van der Waals surface area contributed by atoms with Crippen molar-refractivity contribution < 1.29 is 9.90 Å². The zero-order valence-electron chi connectivity index (χ0n) is 11.9. The summed E-state index contributed by atoms with van der Waals surface area (Å²) >= 11 is 4.94. The molecular weight excluding hydrogens is 352 g/mol. The van der Waals surface area contributed by atoms with Gasteiger partial charge >= 0.3 is 5.97 Å². The van der Waals surface area contributed by atoms with E-state index in [-0.39, 0.29) is 0 Å². The van der Waals surface area contributed by atoms with Gasteiger partial charge in [0.25, 0.3) is 0 Å². The van der Waals surface area contributed by atoms with Gasteiger partial charge in [-0.25, -0.2) is 0 Å². The Balaban J connectivity index is 2.05. The Labute approximate surface area is 136 Å². The molecule has 6 heteroatoms. The van der Waals surface area contributed by atoms with Crippen LogP contribution in [-0.4, -0.2) is 26.1 Å². The fourth-order valence-electron chi connectivity index (χ4n) is 2.06. The summed E-state index contributed by atoms with van der Waals surface area (Å²) in [6.07, 6.45) is 0.523. The molecule has 0 saturated heterocycles. The van der Waals surface area contributed by atoms with Gasteiger partial charge in [-0.15, -0.1) is 11.8 Å². The predicted octanol–water partition coefficient (Wildman–Crippen LogP) is 3.42. The van der Waals surface area contributed by atoms with Gasteiger partial charge in [-0.1, -0.05) is 30.3 Å². The highest BCUT2D eigenvalue weighted by molar-refractivity contribution is 9.10. The first kappa shape index (κ1) is 16.1. The molecule has 0 amide bonds. The number of rotatable bonds is 6. The van der Waals surface area contributed by atoms with E-state index < -0.39 is 11.2 Å². The maximum Gasteiger partial charge on any atom is 0.316 e. The summed E-state index contributed by atoms with van der Waals surface area (Å²) in [5.41, 5.74) is 2.97. The van der Waals surface area contributed by atoms with Gasteiger partial charge in [0.1, 0.15) is 5.25 Å². The van der Waals surface area contributed by atoms with E-state index in [1.54, 1.807) is 4.68 Å². The van der Waals surface area contributed by atoms with Gasteiger partial charge in [-0.3, -0.25) is 9.48 Å². The number of aliphatic carboxylic acids is 1. The Bertz CT molecular complexity index is 628. The fraction of sp³-hybridized carbons (Fsp3) is 0.333. The average molecular weight is 369 g/mol. The molecule has 0 aliphatic rings. The van der Waals surface area contributed by atoms with E-state index in [4.69, 9.17) is 0 Å². The van der Waals surface area contributed by atoms with Crippen molar-refractivity contribution in [2.45, 2.75) is 24.3 Å². The van der Waals surface area contributed by atoms with Crippen molar-refractivity contribution >= 4 is 33.7 Å². The SMILES string of the molecule is Cc1nn(C)c(CSC(Cc2ccccc2)C(=O)O)c1Br. The molecule has 1 atom stereocenters. The summed E-state index contributed by atoms with van der Waals surface area (Å²) < 4.78 is 2.76. The second-order valence-electron chi connectivity index (χ2n) is 4.80. The lowest BCUT2D eigenvalue weighted by Crippen LogP contribution is -2.19. The smallest absolute Gasteiger partial charge is 0.316 e. The number of carboxylic acid groups (broad SMARTS) is 1. The molecule has 112 valence electrons. The lowest BCUT2D eigenvalue weighted by Gasteiger charge is -2.12. The van der Waals surface area contributed by atoms with Gasteiger partial charge in [-0.05, 0) is 34.8 Å². The van der Waals surface area contributed by atoms with Gasteiger partial charge in [0.2, 0.25) is 0 Å². The van der Waals surface area contributed by atoms with E-state index >= 15 is 0 Å². The minimum atomic E-state index is -0.779. The maximum atomic E-state index is 11.4. The first-order chi connectivity index (χ1) is 9.99. The number of halogens is 1. The van der Waals surface area contributed by atoms with E-state index in [1.807, 2.05) is 44.3 Å². The molecule has 0 radical (unpaired) electrons. The van der Waals surface area contributed by atoms with Crippen LogP contribution in [-0.2, 0) is 24.0 Å². The van der Waals surface area contributed by atoms with Gasteiger partial charge in [0.15, 0.2) is 0 Å². The average Bonchev–Trinajstić information content (AvgIpc) is 2.69. The summed E-state index contributed by atoms with van der Waals surface area (Å²) in [7, 11) is 1.88. The number of aromatic nitrogens is 2. The topological polar surface area (TPSA) is 55.1 Å². The van der Waals surface area contributed by atoms with Gasteiger partial charge < -0.3 is 5.11 Å². The Morgan fingerprint density at radius 3 is 2.62 bits per heavy atom. The summed E-state index contributed by atoms with van der Waals surface area (Å²) in [5, 5.41) is 13.3. The largest absolute Gasteiger partial charge is 0.480 e. The molecule has 2 aromatic rings. The van der Waals surface area contributed by atoms with E-state index in [1.165, 1.54) is 11.8 Å². The van der Waals surface area contributed by atoms with Crippen molar-refractivity contribution in [1.29, 1.82) is 0 Å². The van der Waals surface area contributed by atoms with Crippen LogP contribution in [0.15, 0.2) is 34.8 Å². The van der Waals surface area contributed by atoms with Crippen molar-refractivity contribution in [2.24, 2.45) is 7.05 Å². The molecule has 0 bridgehead atoms. The van der Waals surface area contributed by atoms with Crippen LogP contribution in [0.25, 0.3) is 0 Å². The van der Waals surface area contributed by atoms with Crippen LogP contribution in [0.1, 0.15) is 17.0 Å². The van der Waals surface area contributed by atoms with Gasteiger partial charge in [-0.2, -0.15) is 5.10 Å². The second-order valence-corrected chi connectivity index (χ2v) is 6.78. The molecule has 0 spiro atoms. The Morgan fingerprint density at radius 2 is 2.10 bits per heavy atom. The van der Waals surface area contributed by atoms with Crippen LogP contribution in [0.3, 0.4) is 0 Å². The third-order valence-electron chi connectivity index (χ3n) is 3.22. The van der Waals surface area contributed by atoms with E-state index in [0.29, 0.717) is 12.2 Å². The molecule has 0 saturated carbocycles. The van der Waals surface area contributed by atoms with Crippen LogP contribution in [0.2, 0.25) is 0 Å². The predicted molar refractivity (Wildman–Crippen MR) is 88.5 cm³/mol. The number of benzene rings is 1. The normalized spacial score (nSPS) is 12.3. The van der Waals surface area contributed by atoms with Crippen molar-refractivity contribution in [2.75, 3.05) is 0 Å². The lowest BCUT2D eigenvalue weighted by atomic mass is 10.1. The molecule has 0 aliphatic carbocycles. The van der Waals surface area contributed by atoms with Crippen molar-refractivity contribution in [3.05, 3.63) is 51.8 Å². The number of aryl methyl sites for hydroxylation is 2. The van der Waals surface area contributed by atoms with Crippen molar-refractivity contribution in [3.63, 3.8) is 0 Å². The molecule has 0 aliphatic heterocycles. The molecule has 1 unspecified atom stereocenters. The quantitative estimate of drug-likeness (QED) is 0.848. The first-order valence-electron chi connectivity index (χ1n) is 6.55. The van der Waals surface area contributed by atoms with E-state index in [9.17, 15) is 9.90 Å². The Hall–Kier alpha value is -1.27. The minimum Gasteiger partial charge on any atom is -0.480 e. The second kappa shape index (κ2) is 7.13. The number of hydrogen-bond donors (Lipinski definition) is 1. The Morgan fingerprint density at radius 1 is 1.43 bits per heavy atom. The van der Waals surface area contributed by atoms with Crippen molar-refractivity contribution in [1.82, 2.24) is 9.78 Å². The third kappa shape index (κ3) is 4.11. The fourth-order valence-corrected chi connectivity index (χ4v) is 3.87. The summed E-state index contributed by atoms with van der Waals surface area (Å²) in [5.74, 6) is -0.166. The molecule has 2 rings (SSSR count). The molecule has 1 heterocycles. The minimum absolute atomic E-state index is 0.463. The van der Waals surface area contributed by atoms with E-state index in [0.717, 1.165) is 21.4 Å². The molecule has 21 heavy (non-hydrogen) atoms.